The van der Waals surface area contributed by atoms with Gasteiger partial charge in [0.25, 0.3) is 0 Å². The molecule has 4 aromatic rings. The number of aromatic nitrogens is 3. The number of hydrogen-bond acceptors (Lipinski definition) is 6. The Kier molecular flexibility index (Phi) is 4.32. The Morgan fingerprint density at radius 2 is 1.89 bits per heavy atom. The van der Waals surface area contributed by atoms with Crippen molar-refractivity contribution in [2.24, 2.45) is 0 Å². The summed E-state index contributed by atoms with van der Waals surface area (Å²) in [4.78, 5) is 5.35. The number of hydrogen-bond donors (Lipinski definition) is 1. The van der Waals surface area contributed by atoms with Gasteiger partial charge in [-0.25, -0.2) is 13.9 Å². The third kappa shape index (κ3) is 3.38. The van der Waals surface area contributed by atoms with Crippen LogP contribution in [0.15, 0.2) is 48.7 Å². The first kappa shape index (κ1) is 17.0. The zero-order chi connectivity index (χ0) is 18.9. The zero-order valence-corrected chi connectivity index (χ0v) is 15.7. The molecule has 0 bridgehead atoms. The van der Waals surface area contributed by atoms with E-state index in [1.54, 1.807) is 16.6 Å². The first-order valence-corrected chi connectivity index (χ1v) is 9.81. The molecule has 5 rings (SSSR count). The second-order valence-corrected chi connectivity index (χ2v) is 7.41. The lowest BCUT2D eigenvalue weighted by Gasteiger charge is -2.09. The number of nitrogens with zero attached hydrogens (tertiary/aromatic N) is 3. The molecule has 1 aliphatic heterocycles. The fourth-order valence-electron chi connectivity index (χ4n) is 3.03. The van der Waals surface area contributed by atoms with E-state index >= 15 is 0 Å². The molecule has 0 radical (unpaired) electrons. The second-order valence-electron chi connectivity index (χ2n) is 6.45. The number of ether oxygens (including phenoxy) is 2. The Morgan fingerprint density at radius 1 is 1.07 bits per heavy atom. The molecule has 142 valence electrons. The average Bonchev–Trinajstić information content (AvgIpc) is 3.17. The van der Waals surface area contributed by atoms with Crippen LogP contribution in [0.1, 0.15) is 12.0 Å². The highest BCUT2D eigenvalue weighted by molar-refractivity contribution is 7.20. The Bertz CT molecular complexity index is 1090. The molecule has 0 spiro atoms. The monoisotopic (exact) mass is 396 g/mol. The van der Waals surface area contributed by atoms with Crippen molar-refractivity contribution < 1.29 is 13.9 Å². The summed E-state index contributed by atoms with van der Waals surface area (Å²) < 4.78 is 26.2. The number of benzene rings is 2. The maximum absolute atomic E-state index is 13.1. The third-order valence-electron chi connectivity index (χ3n) is 4.44. The highest BCUT2D eigenvalue weighted by Crippen LogP contribution is 2.31. The summed E-state index contributed by atoms with van der Waals surface area (Å²) in [6, 6.07) is 12.2. The van der Waals surface area contributed by atoms with Gasteiger partial charge in [0.15, 0.2) is 11.5 Å². The summed E-state index contributed by atoms with van der Waals surface area (Å²) >= 11 is 1.47. The van der Waals surface area contributed by atoms with Crippen LogP contribution in [0.3, 0.4) is 0 Å². The van der Waals surface area contributed by atoms with Crippen LogP contribution < -0.4 is 14.8 Å². The fraction of sp³-hybridized carbons (Fsp3) is 0.200. The molecule has 28 heavy (non-hydrogen) atoms. The maximum atomic E-state index is 13.1. The average molecular weight is 396 g/mol. The van der Waals surface area contributed by atoms with Crippen LogP contribution in [0.4, 0.5) is 9.52 Å². The summed E-state index contributed by atoms with van der Waals surface area (Å²) in [5.41, 5.74) is 2.72. The quantitative estimate of drug-likeness (QED) is 0.555. The molecule has 0 saturated heterocycles. The molecule has 0 aliphatic carbocycles. The standard InChI is InChI=1S/C20H17FN4O2S/c21-15-5-3-14(4-6-15)16-12-25-20(23-16)28-19(24-25)22-11-13-2-7-17-18(10-13)27-9-1-8-26-17/h2-7,10,12H,1,8-9,11H2,(H,22,24). The Hall–Kier alpha value is -3.13. The molecular formula is C20H17FN4O2S. The smallest absolute Gasteiger partial charge is 0.214 e. The van der Waals surface area contributed by atoms with Gasteiger partial charge in [-0.05, 0) is 42.0 Å². The first-order chi connectivity index (χ1) is 13.7. The maximum Gasteiger partial charge on any atom is 0.214 e. The lowest BCUT2D eigenvalue weighted by molar-refractivity contribution is 0.297. The van der Waals surface area contributed by atoms with Gasteiger partial charge in [-0.2, -0.15) is 0 Å². The molecule has 1 aliphatic rings. The van der Waals surface area contributed by atoms with Gasteiger partial charge in [0.1, 0.15) is 5.82 Å². The van der Waals surface area contributed by atoms with E-state index in [1.165, 1.54) is 23.5 Å². The van der Waals surface area contributed by atoms with E-state index in [0.29, 0.717) is 19.8 Å². The summed E-state index contributed by atoms with van der Waals surface area (Å²) in [5.74, 6) is 1.32. The lowest BCUT2D eigenvalue weighted by atomic mass is 10.2. The van der Waals surface area contributed by atoms with Crippen molar-refractivity contribution in [2.45, 2.75) is 13.0 Å². The second kappa shape index (κ2) is 7.12. The van der Waals surface area contributed by atoms with Gasteiger partial charge >= 0.3 is 0 Å². The normalized spacial score (nSPS) is 13.5. The van der Waals surface area contributed by atoms with Gasteiger partial charge in [-0.15, -0.1) is 5.10 Å². The van der Waals surface area contributed by atoms with Crippen molar-refractivity contribution in [3.8, 4) is 22.8 Å². The van der Waals surface area contributed by atoms with Crippen molar-refractivity contribution in [1.82, 2.24) is 14.6 Å². The van der Waals surface area contributed by atoms with Crippen LogP contribution >= 0.6 is 11.3 Å². The van der Waals surface area contributed by atoms with Gasteiger partial charge in [-0.3, -0.25) is 0 Å². The van der Waals surface area contributed by atoms with E-state index in [4.69, 9.17) is 9.47 Å². The number of halogens is 1. The summed E-state index contributed by atoms with van der Waals surface area (Å²) in [6.45, 7) is 1.98. The van der Waals surface area contributed by atoms with Gasteiger partial charge in [0.2, 0.25) is 10.1 Å². The highest BCUT2D eigenvalue weighted by Gasteiger charge is 2.12. The zero-order valence-electron chi connectivity index (χ0n) is 14.9. The molecule has 6 nitrogen and oxygen atoms in total. The summed E-state index contributed by atoms with van der Waals surface area (Å²) in [6.07, 6.45) is 2.74. The number of imidazole rings is 1. The van der Waals surface area contributed by atoms with Crippen LogP contribution in [0, 0.1) is 5.82 Å². The SMILES string of the molecule is Fc1ccc(-c2cn3nc(NCc4ccc5c(c4)OCCCO5)sc3n2)cc1. The van der Waals surface area contributed by atoms with Crippen molar-refractivity contribution in [3.63, 3.8) is 0 Å². The van der Waals surface area contributed by atoms with E-state index < -0.39 is 0 Å². The summed E-state index contributed by atoms with van der Waals surface area (Å²) in [7, 11) is 0. The van der Waals surface area contributed by atoms with Crippen molar-refractivity contribution in [2.75, 3.05) is 18.5 Å². The largest absolute Gasteiger partial charge is 0.490 e. The predicted octanol–water partition coefficient (Wildman–Crippen LogP) is 4.37. The van der Waals surface area contributed by atoms with Crippen LogP contribution in [0.2, 0.25) is 0 Å². The van der Waals surface area contributed by atoms with Crippen molar-refractivity contribution in [1.29, 1.82) is 0 Å². The van der Waals surface area contributed by atoms with Gasteiger partial charge in [0.05, 0.1) is 25.1 Å². The Morgan fingerprint density at radius 3 is 2.71 bits per heavy atom. The van der Waals surface area contributed by atoms with Gasteiger partial charge in [0, 0.05) is 18.5 Å². The van der Waals surface area contributed by atoms with Crippen LogP contribution in [-0.2, 0) is 6.54 Å². The Balaban J connectivity index is 1.30. The topological polar surface area (TPSA) is 60.7 Å². The number of anilines is 1. The number of rotatable bonds is 4. The van der Waals surface area contributed by atoms with E-state index in [1.807, 2.05) is 24.4 Å². The Labute approximate surface area is 164 Å². The van der Waals surface area contributed by atoms with Crippen molar-refractivity contribution in [3.05, 3.63) is 60.0 Å². The van der Waals surface area contributed by atoms with E-state index in [0.717, 1.165) is 44.8 Å². The highest BCUT2D eigenvalue weighted by atomic mass is 32.1. The van der Waals surface area contributed by atoms with Crippen molar-refractivity contribution >= 4 is 21.4 Å². The molecular weight excluding hydrogens is 379 g/mol. The minimum Gasteiger partial charge on any atom is -0.490 e. The molecule has 0 atom stereocenters. The lowest BCUT2D eigenvalue weighted by Crippen LogP contribution is -2.00. The van der Waals surface area contributed by atoms with Crippen LogP contribution in [0.25, 0.3) is 16.2 Å². The van der Waals surface area contributed by atoms with Crippen LogP contribution in [-0.4, -0.2) is 27.8 Å². The molecule has 0 amide bonds. The molecule has 0 fully saturated rings. The fourth-order valence-corrected chi connectivity index (χ4v) is 3.80. The molecule has 2 aromatic heterocycles. The molecule has 0 unspecified atom stereocenters. The van der Waals surface area contributed by atoms with Gasteiger partial charge < -0.3 is 14.8 Å². The minimum absolute atomic E-state index is 0.260. The molecule has 3 heterocycles. The third-order valence-corrected chi connectivity index (χ3v) is 5.32. The van der Waals surface area contributed by atoms with Gasteiger partial charge in [-0.1, -0.05) is 17.4 Å². The van der Waals surface area contributed by atoms with Crippen LogP contribution in [0.5, 0.6) is 11.5 Å². The molecule has 1 N–H and O–H groups in total. The molecule has 2 aromatic carbocycles. The molecule has 8 heteroatoms. The first-order valence-electron chi connectivity index (χ1n) is 8.99. The molecule has 0 saturated carbocycles. The summed E-state index contributed by atoms with van der Waals surface area (Å²) in [5, 5.41) is 8.63. The number of nitrogens with one attached hydrogen (secondary N) is 1. The van der Waals surface area contributed by atoms with E-state index in [9.17, 15) is 4.39 Å². The van der Waals surface area contributed by atoms with E-state index in [2.05, 4.69) is 15.4 Å². The van der Waals surface area contributed by atoms with E-state index in [-0.39, 0.29) is 5.82 Å². The minimum atomic E-state index is -0.260. The predicted molar refractivity (Wildman–Crippen MR) is 106 cm³/mol. The number of fused-ring (bicyclic) bond motifs is 2.